The summed E-state index contributed by atoms with van der Waals surface area (Å²) in [6.45, 7) is 3.69. The molecule has 1 saturated carbocycles. The molecule has 3 aromatic rings. The number of nitrogens with zero attached hydrogens (tertiary/aromatic N) is 6. The SMILES string of the molecule is COc1ccc(N2CCN([C@H](c3ccccc3OC)c3nnnn3C3CCCC3)CC2)cc1. The average Bonchev–Trinajstić information content (AvgIpc) is 3.57. The molecule has 1 saturated heterocycles. The van der Waals surface area contributed by atoms with Crippen molar-refractivity contribution in [2.24, 2.45) is 0 Å². The van der Waals surface area contributed by atoms with Crippen LogP contribution in [-0.2, 0) is 0 Å². The summed E-state index contributed by atoms with van der Waals surface area (Å²) < 4.78 is 13.2. The van der Waals surface area contributed by atoms with Gasteiger partial charge in [-0.05, 0) is 53.6 Å². The molecule has 0 N–H and O–H groups in total. The van der Waals surface area contributed by atoms with E-state index < -0.39 is 0 Å². The van der Waals surface area contributed by atoms with E-state index in [1.165, 1.54) is 18.5 Å². The molecule has 0 spiro atoms. The first kappa shape index (κ1) is 21.7. The summed E-state index contributed by atoms with van der Waals surface area (Å²) in [6.07, 6.45) is 4.76. The van der Waals surface area contributed by atoms with Crippen LogP contribution in [-0.4, -0.2) is 65.5 Å². The van der Waals surface area contributed by atoms with Gasteiger partial charge in [-0.1, -0.05) is 31.0 Å². The molecule has 8 heteroatoms. The molecule has 5 rings (SSSR count). The second-order valence-electron chi connectivity index (χ2n) is 8.79. The van der Waals surface area contributed by atoms with Crippen LogP contribution >= 0.6 is 0 Å². The Labute approximate surface area is 195 Å². The van der Waals surface area contributed by atoms with E-state index in [9.17, 15) is 0 Å². The van der Waals surface area contributed by atoms with Gasteiger partial charge in [-0.25, -0.2) is 4.68 Å². The molecule has 0 bridgehead atoms. The molecule has 174 valence electrons. The topological polar surface area (TPSA) is 68.5 Å². The van der Waals surface area contributed by atoms with Crippen LogP contribution < -0.4 is 14.4 Å². The van der Waals surface area contributed by atoms with Gasteiger partial charge in [0.05, 0.1) is 20.3 Å². The molecule has 2 aromatic carbocycles. The Bertz CT molecular complexity index is 1040. The van der Waals surface area contributed by atoms with Gasteiger partial charge in [0.1, 0.15) is 17.5 Å². The molecule has 2 fully saturated rings. The second-order valence-corrected chi connectivity index (χ2v) is 8.79. The lowest BCUT2D eigenvalue weighted by atomic mass is 10.0. The van der Waals surface area contributed by atoms with Crippen molar-refractivity contribution in [3.63, 3.8) is 0 Å². The van der Waals surface area contributed by atoms with Gasteiger partial charge < -0.3 is 14.4 Å². The lowest BCUT2D eigenvalue weighted by Gasteiger charge is -2.40. The molecule has 0 radical (unpaired) electrons. The number of hydrogen-bond donors (Lipinski definition) is 0. The van der Waals surface area contributed by atoms with Crippen molar-refractivity contribution in [3.8, 4) is 11.5 Å². The number of anilines is 1. The minimum absolute atomic E-state index is 0.0465. The first-order chi connectivity index (χ1) is 16.3. The molecule has 1 aromatic heterocycles. The van der Waals surface area contributed by atoms with Gasteiger partial charge >= 0.3 is 0 Å². The molecule has 1 aliphatic heterocycles. The number of tetrazole rings is 1. The predicted molar refractivity (Wildman–Crippen MR) is 127 cm³/mol. The highest BCUT2D eigenvalue weighted by Gasteiger charge is 2.34. The maximum atomic E-state index is 5.77. The zero-order valence-corrected chi connectivity index (χ0v) is 19.4. The van der Waals surface area contributed by atoms with E-state index in [0.717, 1.165) is 61.9 Å². The van der Waals surface area contributed by atoms with E-state index in [-0.39, 0.29) is 6.04 Å². The van der Waals surface area contributed by atoms with Gasteiger partial charge in [-0.2, -0.15) is 0 Å². The third kappa shape index (κ3) is 4.39. The summed E-state index contributed by atoms with van der Waals surface area (Å²) in [5, 5.41) is 13.1. The Hall–Kier alpha value is -3.13. The maximum Gasteiger partial charge on any atom is 0.173 e. The minimum atomic E-state index is -0.0465. The zero-order chi connectivity index (χ0) is 22.6. The van der Waals surface area contributed by atoms with Crippen molar-refractivity contribution >= 4 is 5.69 Å². The van der Waals surface area contributed by atoms with Crippen LogP contribution in [0.4, 0.5) is 5.69 Å². The van der Waals surface area contributed by atoms with Crippen LogP contribution in [0, 0.1) is 0 Å². The van der Waals surface area contributed by atoms with Crippen LogP contribution in [0.1, 0.15) is 49.2 Å². The molecule has 1 aliphatic carbocycles. The number of hydrogen-bond acceptors (Lipinski definition) is 7. The fraction of sp³-hybridized carbons (Fsp3) is 0.480. The van der Waals surface area contributed by atoms with Crippen LogP contribution in [0.25, 0.3) is 0 Å². The van der Waals surface area contributed by atoms with Gasteiger partial charge in [-0.3, -0.25) is 4.90 Å². The van der Waals surface area contributed by atoms with Gasteiger partial charge in [-0.15, -0.1) is 5.10 Å². The standard InChI is InChI=1S/C25H32N6O2/c1-32-21-13-11-19(12-14-21)29-15-17-30(18-16-29)24(22-9-5-6-10-23(22)33-2)25-26-27-28-31(25)20-7-3-4-8-20/h5-6,9-14,20,24H,3-4,7-8,15-18H2,1-2H3/t24-/m1/s1. The van der Waals surface area contributed by atoms with Gasteiger partial charge in [0.2, 0.25) is 0 Å². The minimum Gasteiger partial charge on any atom is -0.497 e. The van der Waals surface area contributed by atoms with Gasteiger partial charge in [0.15, 0.2) is 5.82 Å². The molecule has 2 heterocycles. The smallest absolute Gasteiger partial charge is 0.173 e. The van der Waals surface area contributed by atoms with E-state index >= 15 is 0 Å². The third-order valence-corrected chi connectivity index (χ3v) is 6.98. The van der Waals surface area contributed by atoms with Crippen LogP contribution in [0.2, 0.25) is 0 Å². The van der Waals surface area contributed by atoms with Crippen molar-refractivity contribution in [3.05, 3.63) is 59.9 Å². The average molecular weight is 449 g/mol. The van der Waals surface area contributed by atoms with E-state index in [4.69, 9.17) is 9.47 Å². The highest BCUT2D eigenvalue weighted by atomic mass is 16.5. The number of rotatable bonds is 7. The number of ether oxygens (including phenoxy) is 2. The normalized spacial score (nSPS) is 18.4. The summed E-state index contributed by atoms with van der Waals surface area (Å²) in [4.78, 5) is 4.92. The molecule has 33 heavy (non-hydrogen) atoms. The van der Waals surface area contributed by atoms with Crippen molar-refractivity contribution in [1.82, 2.24) is 25.1 Å². The molecule has 2 aliphatic rings. The largest absolute Gasteiger partial charge is 0.497 e. The van der Waals surface area contributed by atoms with E-state index in [1.807, 2.05) is 24.3 Å². The summed E-state index contributed by atoms with van der Waals surface area (Å²) in [5.74, 6) is 2.68. The van der Waals surface area contributed by atoms with Crippen LogP contribution in [0.15, 0.2) is 48.5 Å². The maximum absolute atomic E-state index is 5.77. The molecule has 0 unspecified atom stereocenters. The summed E-state index contributed by atoms with van der Waals surface area (Å²) in [6, 6.07) is 16.9. The third-order valence-electron chi connectivity index (χ3n) is 6.98. The number of para-hydroxylation sites is 1. The van der Waals surface area contributed by atoms with E-state index in [1.54, 1.807) is 14.2 Å². The zero-order valence-electron chi connectivity index (χ0n) is 19.4. The number of piperazine rings is 1. The number of methoxy groups -OCH3 is 2. The predicted octanol–water partition coefficient (Wildman–Crippen LogP) is 3.72. The lowest BCUT2D eigenvalue weighted by Crippen LogP contribution is -2.48. The summed E-state index contributed by atoms with van der Waals surface area (Å²) in [5.41, 5.74) is 2.34. The first-order valence-corrected chi connectivity index (χ1v) is 11.8. The van der Waals surface area contributed by atoms with Crippen LogP contribution in [0.5, 0.6) is 11.5 Å². The van der Waals surface area contributed by atoms with Crippen molar-refractivity contribution in [1.29, 1.82) is 0 Å². The summed E-state index contributed by atoms with van der Waals surface area (Å²) in [7, 11) is 3.43. The lowest BCUT2D eigenvalue weighted by molar-refractivity contribution is 0.194. The molecule has 8 nitrogen and oxygen atoms in total. The number of benzene rings is 2. The fourth-order valence-electron chi connectivity index (χ4n) is 5.21. The monoisotopic (exact) mass is 448 g/mol. The molecule has 1 atom stereocenters. The highest BCUT2D eigenvalue weighted by molar-refractivity contribution is 5.49. The fourth-order valence-corrected chi connectivity index (χ4v) is 5.21. The second kappa shape index (κ2) is 9.79. The summed E-state index contributed by atoms with van der Waals surface area (Å²) >= 11 is 0. The van der Waals surface area contributed by atoms with Crippen molar-refractivity contribution in [2.45, 2.75) is 37.8 Å². The van der Waals surface area contributed by atoms with Gasteiger partial charge in [0, 0.05) is 37.4 Å². The Morgan fingerprint density at radius 2 is 1.61 bits per heavy atom. The number of aromatic nitrogens is 4. The Kier molecular flexibility index (Phi) is 6.44. The van der Waals surface area contributed by atoms with Crippen molar-refractivity contribution < 1.29 is 9.47 Å². The molecular formula is C25H32N6O2. The van der Waals surface area contributed by atoms with E-state index in [2.05, 4.69) is 54.3 Å². The Balaban J connectivity index is 1.43. The molecule has 0 amide bonds. The Morgan fingerprint density at radius 3 is 2.30 bits per heavy atom. The Morgan fingerprint density at radius 1 is 0.879 bits per heavy atom. The first-order valence-electron chi connectivity index (χ1n) is 11.8. The van der Waals surface area contributed by atoms with Crippen LogP contribution in [0.3, 0.4) is 0 Å². The van der Waals surface area contributed by atoms with E-state index in [0.29, 0.717) is 6.04 Å². The molecular weight excluding hydrogens is 416 g/mol. The quantitative estimate of drug-likeness (QED) is 0.546. The highest BCUT2D eigenvalue weighted by Crippen LogP contribution is 2.37. The van der Waals surface area contributed by atoms with Crippen molar-refractivity contribution in [2.75, 3.05) is 45.3 Å². The van der Waals surface area contributed by atoms with Gasteiger partial charge in [0.25, 0.3) is 0 Å².